The van der Waals surface area contributed by atoms with Gasteiger partial charge in [-0.1, -0.05) is 6.08 Å². The molecular formula is C12H8F3NO3. The molecule has 0 bridgehead atoms. The number of carbonyl (C=O) groups is 1. The van der Waals surface area contributed by atoms with Crippen LogP contribution in [-0.2, 0) is 11.0 Å². The number of aliphatic carboxylic acids is 1. The largest absolute Gasteiger partial charge is 0.506 e. The molecule has 1 aromatic rings. The van der Waals surface area contributed by atoms with Crippen LogP contribution in [0.4, 0.5) is 13.2 Å². The molecule has 7 heteroatoms. The van der Waals surface area contributed by atoms with E-state index in [0.29, 0.717) is 6.07 Å². The number of aliphatic hydroxyl groups excluding tert-OH is 1. The number of halogens is 3. The van der Waals surface area contributed by atoms with Gasteiger partial charge >= 0.3 is 12.1 Å². The van der Waals surface area contributed by atoms with Crippen LogP contribution < -0.4 is 10.6 Å². The molecule has 0 saturated heterocycles. The van der Waals surface area contributed by atoms with E-state index >= 15 is 0 Å². The summed E-state index contributed by atoms with van der Waals surface area (Å²) in [6.07, 6.45) is -2.16. The maximum Gasteiger partial charge on any atom is 0.433 e. The molecule has 0 fully saturated rings. The Bertz CT molecular complexity index is 689. The molecule has 19 heavy (non-hydrogen) atoms. The third-order valence-corrected chi connectivity index (χ3v) is 2.61. The van der Waals surface area contributed by atoms with Crippen LogP contribution in [0.3, 0.4) is 0 Å². The third-order valence-electron chi connectivity index (χ3n) is 2.61. The van der Waals surface area contributed by atoms with Crippen molar-refractivity contribution >= 4 is 17.3 Å². The molecule has 0 radical (unpaired) electrons. The molecule has 1 heterocycles. The first kappa shape index (κ1) is 13.1. The van der Waals surface area contributed by atoms with Gasteiger partial charge in [-0.15, -0.1) is 0 Å². The van der Waals surface area contributed by atoms with Crippen LogP contribution in [0.25, 0.3) is 11.3 Å². The average molecular weight is 271 g/mol. The molecule has 0 atom stereocenters. The lowest BCUT2D eigenvalue weighted by atomic mass is 10.1. The number of carboxylic acid groups (broad SMARTS) is 1. The summed E-state index contributed by atoms with van der Waals surface area (Å²) in [7, 11) is 0. The summed E-state index contributed by atoms with van der Waals surface area (Å²) in [4.78, 5) is 14.4. The number of aliphatic hydroxyl groups is 1. The second-order valence-corrected chi connectivity index (χ2v) is 3.87. The van der Waals surface area contributed by atoms with Crippen molar-refractivity contribution in [2.24, 2.45) is 0 Å². The number of hydrogen-bond donors (Lipinski definition) is 2. The second kappa shape index (κ2) is 4.42. The van der Waals surface area contributed by atoms with Crippen LogP contribution in [0.2, 0.25) is 0 Å². The van der Waals surface area contributed by atoms with Crippen molar-refractivity contribution in [3.05, 3.63) is 40.5 Å². The van der Waals surface area contributed by atoms with Crippen LogP contribution in [0.1, 0.15) is 12.1 Å². The number of carboxylic acids is 1. The molecule has 0 spiro atoms. The number of hydrogen-bond acceptors (Lipinski definition) is 3. The van der Waals surface area contributed by atoms with Gasteiger partial charge in [0.1, 0.15) is 16.8 Å². The van der Waals surface area contributed by atoms with Crippen molar-refractivity contribution in [2.45, 2.75) is 12.6 Å². The molecule has 1 aromatic heterocycles. The predicted molar refractivity (Wildman–Crippen MR) is 59.3 cm³/mol. The van der Waals surface area contributed by atoms with Gasteiger partial charge in [-0.3, -0.25) is 0 Å². The van der Waals surface area contributed by atoms with Crippen molar-refractivity contribution in [1.29, 1.82) is 0 Å². The highest BCUT2D eigenvalue weighted by Gasteiger charge is 2.32. The van der Waals surface area contributed by atoms with Crippen LogP contribution in [-0.4, -0.2) is 21.2 Å². The number of fused-ring (bicyclic) bond motifs is 1. The van der Waals surface area contributed by atoms with Crippen molar-refractivity contribution in [3.8, 4) is 0 Å². The SMILES string of the molecule is O=C(O)C1=c2ccc(C(F)(F)F)nc2=C(O)C=CC1. The molecule has 0 saturated carbocycles. The number of pyridine rings is 1. The maximum atomic E-state index is 12.5. The number of aromatic nitrogens is 1. The fourth-order valence-electron chi connectivity index (χ4n) is 1.74. The molecule has 2 N–H and O–H groups in total. The van der Waals surface area contributed by atoms with E-state index in [1.54, 1.807) is 0 Å². The summed E-state index contributed by atoms with van der Waals surface area (Å²) in [6.45, 7) is 0. The highest BCUT2D eigenvalue weighted by Crippen LogP contribution is 2.26. The highest BCUT2D eigenvalue weighted by atomic mass is 19.4. The number of allylic oxidation sites excluding steroid dienone is 1. The monoisotopic (exact) mass is 271 g/mol. The minimum absolute atomic E-state index is 0.000558. The molecule has 100 valence electrons. The minimum atomic E-state index is -4.66. The average Bonchev–Trinajstić information content (AvgIpc) is 2.47. The Hall–Kier alpha value is -2.31. The molecule has 4 nitrogen and oxygen atoms in total. The standard InChI is InChI=1S/C12H8F3NO3/c13-12(14,15)9-5-4-6-7(11(18)19)2-1-3-8(17)10(6)16-9/h1,3-5,17H,2H2,(H,18,19). The smallest absolute Gasteiger partial charge is 0.433 e. The molecule has 1 aliphatic rings. The van der Waals surface area contributed by atoms with Gasteiger partial charge in [-0.2, -0.15) is 13.2 Å². The molecular weight excluding hydrogens is 263 g/mol. The van der Waals surface area contributed by atoms with Gasteiger partial charge < -0.3 is 10.2 Å². The fourth-order valence-corrected chi connectivity index (χ4v) is 1.74. The van der Waals surface area contributed by atoms with E-state index in [1.807, 2.05) is 0 Å². The van der Waals surface area contributed by atoms with Crippen LogP contribution >= 0.6 is 0 Å². The number of rotatable bonds is 1. The van der Waals surface area contributed by atoms with Gasteiger partial charge in [0.15, 0.2) is 0 Å². The lowest BCUT2D eigenvalue weighted by Crippen LogP contribution is -2.35. The van der Waals surface area contributed by atoms with Gasteiger partial charge in [0, 0.05) is 5.22 Å². The first-order valence-corrected chi connectivity index (χ1v) is 5.21. The zero-order valence-electron chi connectivity index (χ0n) is 9.40. The fraction of sp³-hybridized carbons (Fsp3) is 0.167. The Morgan fingerprint density at radius 2 is 2.00 bits per heavy atom. The Morgan fingerprint density at radius 3 is 2.58 bits per heavy atom. The first-order valence-electron chi connectivity index (χ1n) is 5.21. The van der Waals surface area contributed by atoms with E-state index < -0.39 is 23.6 Å². The lowest BCUT2D eigenvalue weighted by molar-refractivity contribution is -0.141. The Kier molecular flexibility index (Phi) is 3.05. The summed E-state index contributed by atoms with van der Waals surface area (Å²) >= 11 is 0. The normalized spacial score (nSPS) is 15.1. The quantitative estimate of drug-likeness (QED) is 0.798. The predicted octanol–water partition coefficient (Wildman–Crippen LogP) is 0.962. The van der Waals surface area contributed by atoms with E-state index in [0.717, 1.165) is 12.1 Å². The van der Waals surface area contributed by atoms with Gasteiger partial charge in [0.25, 0.3) is 0 Å². The van der Waals surface area contributed by atoms with Gasteiger partial charge in [-0.25, -0.2) is 9.78 Å². The number of alkyl halides is 3. The summed E-state index contributed by atoms with van der Waals surface area (Å²) in [5.74, 6) is -1.75. The Labute approximate surface area is 104 Å². The van der Waals surface area contributed by atoms with E-state index in [4.69, 9.17) is 5.11 Å². The molecule has 2 rings (SSSR count). The zero-order valence-corrected chi connectivity index (χ0v) is 9.40. The van der Waals surface area contributed by atoms with Gasteiger partial charge in [0.2, 0.25) is 0 Å². The lowest BCUT2D eigenvalue weighted by Gasteiger charge is -2.06. The van der Waals surface area contributed by atoms with Crippen LogP contribution in [0.5, 0.6) is 0 Å². The molecule has 1 aliphatic carbocycles. The van der Waals surface area contributed by atoms with E-state index in [2.05, 4.69) is 4.98 Å². The molecule has 0 amide bonds. The minimum Gasteiger partial charge on any atom is -0.506 e. The summed E-state index contributed by atoms with van der Waals surface area (Å²) in [5, 5.41) is 18.3. The molecule has 0 aromatic carbocycles. The van der Waals surface area contributed by atoms with E-state index in [-0.39, 0.29) is 22.6 Å². The maximum absolute atomic E-state index is 12.5. The van der Waals surface area contributed by atoms with Gasteiger partial charge in [-0.05, 0) is 24.6 Å². The van der Waals surface area contributed by atoms with Crippen molar-refractivity contribution < 1.29 is 28.2 Å². The zero-order chi connectivity index (χ0) is 14.2. The first-order chi connectivity index (χ1) is 8.80. The second-order valence-electron chi connectivity index (χ2n) is 3.87. The summed E-state index contributed by atoms with van der Waals surface area (Å²) in [5.41, 5.74) is -1.30. The van der Waals surface area contributed by atoms with E-state index in [1.165, 1.54) is 6.08 Å². The van der Waals surface area contributed by atoms with Crippen molar-refractivity contribution in [2.75, 3.05) is 0 Å². The van der Waals surface area contributed by atoms with Crippen LogP contribution in [0.15, 0.2) is 24.3 Å². The third kappa shape index (κ3) is 2.44. The Morgan fingerprint density at radius 1 is 1.32 bits per heavy atom. The molecule has 0 aliphatic heterocycles. The summed E-state index contributed by atoms with van der Waals surface area (Å²) < 4.78 is 37.6. The topological polar surface area (TPSA) is 70.4 Å². The van der Waals surface area contributed by atoms with Gasteiger partial charge in [0.05, 0.1) is 5.57 Å². The molecule has 0 unspecified atom stereocenters. The van der Waals surface area contributed by atoms with Crippen molar-refractivity contribution in [1.82, 2.24) is 4.98 Å². The highest BCUT2D eigenvalue weighted by molar-refractivity contribution is 6.09. The summed E-state index contributed by atoms with van der Waals surface area (Å²) in [6, 6.07) is 1.71. The van der Waals surface area contributed by atoms with E-state index in [9.17, 15) is 23.1 Å². The number of nitrogens with zero attached hydrogens (tertiary/aromatic N) is 1. The van der Waals surface area contributed by atoms with Crippen LogP contribution in [0, 0.1) is 0 Å². The Balaban J connectivity index is 2.88. The van der Waals surface area contributed by atoms with Crippen molar-refractivity contribution in [3.63, 3.8) is 0 Å².